The second kappa shape index (κ2) is 6.84. The Bertz CT molecular complexity index is 1110. The molecule has 3 N–H and O–H groups in total. The van der Waals surface area contributed by atoms with E-state index in [2.05, 4.69) is 84.6 Å². The largest absolute Gasteiger partial charge is 0.368 e. The number of rotatable bonds is 3. The summed E-state index contributed by atoms with van der Waals surface area (Å²) in [7, 11) is 0. The summed E-state index contributed by atoms with van der Waals surface area (Å²) < 4.78 is 0. The van der Waals surface area contributed by atoms with Crippen LogP contribution in [-0.2, 0) is 13.1 Å². The number of anilines is 3. The maximum atomic E-state index is 5.95. The van der Waals surface area contributed by atoms with Crippen LogP contribution in [0, 0.1) is 0 Å². The van der Waals surface area contributed by atoms with Crippen molar-refractivity contribution in [2.75, 3.05) is 28.6 Å². The summed E-state index contributed by atoms with van der Waals surface area (Å²) in [5, 5.41) is 7.91. The lowest BCUT2D eigenvalue weighted by atomic mass is 10.1. The standard InChI is InChI=1S/C21H21N7/c22-21-24-19-17(12-23-26-19)20(25-21)28-11-10-27(13-15-6-2-1-3-7-15)18-9-5-4-8-16(18)14-28/h1-9,12H,10-11,13-14H2,(H3,22,23,24,25,26). The van der Waals surface area contributed by atoms with E-state index in [0.717, 1.165) is 37.4 Å². The maximum absolute atomic E-state index is 5.95. The number of H-pyrrole nitrogens is 1. The number of nitrogen functional groups attached to an aromatic ring is 1. The first-order valence-corrected chi connectivity index (χ1v) is 9.36. The molecule has 0 aliphatic carbocycles. The Morgan fingerprint density at radius 3 is 2.68 bits per heavy atom. The Kier molecular flexibility index (Phi) is 4.05. The summed E-state index contributed by atoms with van der Waals surface area (Å²) in [6, 6.07) is 19.1. The summed E-state index contributed by atoms with van der Waals surface area (Å²) in [5.74, 6) is 1.08. The molecule has 1 aliphatic heterocycles. The molecule has 5 rings (SSSR count). The Balaban J connectivity index is 1.52. The third-order valence-electron chi connectivity index (χ3n) is 5.16. The summed E-state index contributed by atoms with van der Waals surface area (Å²) >= 11 is 0. The Morgan fingerprint density at radius 1 is 0.964 bits per heavy atom. The van der Waals surface area contributed by atoms with E-state index in [0.29, 0.717) is 5.65 Å². The number of para-hydroxylation sites is 1. The molecule has 7 heteroatoms. The summed E-state index contributed by atoms with van der Waals surface area (Å²) in [4.78, 5) is 13.5. The number of nitrogens with zero attached hydrogens (tertiary/aromatic N) is 5. The van der Waals surface area contributed by atoms with Crippen LogP contribution in [0.25, 0.3) is 11.0 Å². The average Bonchev–Trinajstić information content (AvgIpc) is 3.11. The molecule has 0 saturated carbocycles. The molecule has 0 spiro atoms. The molecule has 7 nitrogen and oxygen atoms in total. The molecule has 0 unspecified atom stereocenters. The van der Waals surface area contributed by atoms with Crippen LogP contribution in [-0.4, -0.2) is 33.3 Å². The molecule has 1 aliphatic rings. The van der Waals surface area contributed by atoms with Crippen molar-refractivity contribution in [2.24, 2.45) is 0 Å². The van der Waals surface area contributed by atoms with Gasteiger partial charge in [-0.1, -0.05) is 48.5 Å². The normalized spacial score (nSPS) is 14.1. The number of hydrogen-bond donors (Lipinski definition) is 2. The van der Waals surface area contributed by atoms with E-state index < -0.39 is 0 Å². The van der Waals surface area contributed by atoms with Crippen molar-refractivity contribution in [1.29, 1.82) is 0 Å². The summed E-state index contributed by atoms with van der Waals surface area (Å²) in [6.45, 7) is 3.35. The number of benzene rings is 2. The highest BCUT2D eigenvalue weighted by Crippen LogP contribution is 2.31. The molecule has 28 heavy (non-hydrogen) atoms. The van der Waals surface area contributed by atoms with Crippen molar-refractivity contribution >= 4 is 28.5 Å². The highest BCUT2D eigenvalue weighted by Gasteiger charge is 2.23. The molecular weight excluding hydrogens is 350 g/mol. The van der Waals surface area contributed by atoms with Gasteiger partial charge in [-0.3, -0.25) is 5.10 Å². The average molecular weight is 371 g/mol. The van der Waals surface area contributed by atoms with E-state index in [1.165, 1.54) is 16.8 Å². The quantitative estimate of drug-likeness (QED) is 0.576. The van der Waals surface area contributed by atoms with Crippen molar-refractivity contribution in [3.8, 4) is 0 Å². The lowest BCUT2D eigenvalue weighted by molar-refractivity contribution is 0.751. The number of nitrogens with two attached hydrogens (primary N) is 1. The lowest BCUT2D eigenvalue weighted by Gasteiger charge is -2.25. The van der Waals surface area contributed by atoms with Gasteiger partial charge >= 0.3 is 0 Å². The molecule has 4 aromatic rings. The van der Waals surface area contributed by atoms with Gasteiger partial charge in [0.2, 0.25) is 5.95 Å². The van der Waals surface area contributed by atoms with Gasteiger partial charge in [0.05, 0.1) is 11.6 Å². The van der Waals surface area contributed by atoms with Crippen molar-refractivity contribution in [2.45, 2.75) is 13.1 Å². The zero-order valence-corrected chi connectivity index (χ0v) is 15.4. The van der Waals surface area contributed by atoms with Crippen molar-refractivity contribution in [3.05, 3.63) is 71.9 Å². The molecule has 0 bridgehead atoms. The SMILES string of the molecule is Nc1nc(N2CCN(Cc3ccccc3)c3ccccc3C2)c2cn[nH]c2n1. The fourth-order valence-electron chi connectivity index (χ4n) is 3.83. The van der Waals surface area contributed by atoms with Gasteiger partial charge in [-0.15, -0.1) is 0 Å². The summed E-state index contributed by atoms with van der Waals surface area (Å²) in [5.41, 5.74) is 10.4. The van der Waals surface area contributed by atoms with Crippen LogP contribution < -0.4 is 15.5 Å². The number of hydrogen-bond acceptors (Lipinski definition) is 6. The molecular formula is C21H21N7. The fourth-order valence-corrected chi connectivity index (χ4v) is 3.83. The van der Waals surface area contributed by atoms with E-state index in [1.807, 2.05) is 0 Å². The van der Waals surface area contributed by atoms with Gasteiger partial charge in [0, 0.05) is 31.9 Å². The van der Waals surface area contributed by atoms with Gasteiger partial charge in [-0.25, -0.2) is 0 Å². The highest BCUT2D eigenvalue weighted by molar-refractivity contribution is 5.87. The number of fused-ring (bicyclic) bond motifs is 2. The molecule has 0 radical (unpaired) electrons. The van der Waals surface area contributed by atoms with E-state index in [1.54, 1.807) is 6.20 Å². The third-order valence-corrected chi connectivity index (χ3v) is 5.16. The van der Waals surface area contributed by atoms with Crippen LogP contribution in [0.4, 0.5) is 17.5 Å². The smallest absolute Gasteiger partial charge is 0.224 e. The van der Waals surface area contributed by atoms with E-state index in [4.69, 9.17) is 5.73 Å². The highest BCUT2D eigenvalue weighted by atomic mass is 15.3. The molecule has 3 heterocycles. The van der Waals surface area contributed by atoms with Gasteiger partial charge < -0.3 is 15.5 Å². The zero-order chi connectivity index (χ0) is 18.9. The minimum absolute atomic E-state index is 0.255. The molecule has 140 valence electrons. The third kappa shape index (κ3) is 3.00. The van der Waals surface area contributed by atoms with Crippen LogP contribution in [0.15, 0.2) is 60.8 Å². The first-order chi connectivity index (χ1) is 13.8. The molecule has 0 amide bonds. The molecule has 0 atom stereocenters. The predicted octanol–water partition coefficient (Wildman–Crippen LogP) is 2.96. The molecule has 2 aromatic carbocycles. The second-order valence-corrected chi connectivity index (χ2v) is 7.00. The van der Waals surface area contributed by atoms with E-state index in [9.17, 15) is 0 Å². The van der Waals surface area contributed by atoms with Gasteiger partial charge in [-0.2, -0.15) is 15.1 Å². The van der Waals surface area contributed by atoms with E-state index in [-0.39, 0.29) is 5.95 Å². The van der Waals surface area contributed by atoms with Crippen LogP contribution in [0.2, 0.25) is 0 Å². The maximum Gasteiger partial charge on any atom is 0.224 e. The molecule has 0 fully saturated rings. The van der Waals surface area contributed by atoms with Gasteiger partial charge in [0.25, 0.3) is 0 Å². The number of aromatic nitrogens is 4. The Morgan fingerprint density at radius 2 is 1.79 bits per heavy atom. The lowest BCUT2D eigenvalue weighted by Crippen LogP contribution is -2.31. The minimum atomic E-state index is 0.255. The second-order valence-electron chi connectivity index (χ2n) is 7.00. The van der Waals surface area contributed by atoms with Gasteiger partial charge in [0.15, 0.2) is 5.65 Å². The van der Waals surface area contributed by atoms with Crippen molar-refractivity contribution < 1.29 is 0 Å². The van der Waals surface area contributed by atoms with Crippen molar-refractivity contribution in [3.63, 3.8) is 0 Å². The fraction of sp³-hybridized carbons (Fsp3) is 0.190. The van der Waals surface area contributed by atoms with Crippen LogP contribution >= 0.6 is 0 Å². The monoisotopic (exact) mass is 371 g/mol. The van der Waals surface area contributed by atoms with Gasteiger partial charge in [0.1, 0.15) is 5.82 Å². The number of aromatic amines is 1. The number of nitrogens with one attached hydrogen (secondary N) is 1. The Labute approximate surface area is 162 Å². The molecule has 0 saturated heterocycles. The first-order valence-electron chi connectivity index (χ1n) is 9.36. The minimum Gasteiger partial charge on any atom is -0.368 e. The zero-order valence-electron chi connectivity index (χ0n) is 15.4. The topological polar surface area (TPSA) is 87.0 Å². The first kappa shape index (κ1) is 16.6. The van der Waals surface area contributed by atoms with Crippen molar-refractivity contribution in [1.82, 2.24) is 20.2 Å². The van der Waals surface area contributed by atoms with Crippen LogP contribution in [0.1, 0.15) is 11.1 Å². The van der Waals surface area contributed by atoms with Gasteiger partial charge in [-0.05, 0) is 17.2 Å². The Hall–Kier alpha value is -3.61. The van der Waals surface area contributed by atoms with Crippen LogP contribution in [0.3, 0.4) is 0 Å². The molecule has 2 aromatic heterocycles. The predicted molar refractivity (Wildman–Crippen MR) is 111 cm³/mol. The summed E-state index contributed by atoms with van der Waals surface area (Å²) in [6.07, 6.45) is 1.77. The van der Waals surface area contributed by atoms with E-state index >= 15 is 0 Å². The van der Waals surface area contributed by atoms with Crippen LogP contribution in [0.5, 0.6) is 0 Å².